The van der Waals surface area contributed by atoms with Gasteiger partial charge in [0.2, 0.25) is 0 Å². The Morgan fingerprint density at radius 1 is 0.684 bits per heavy atom. The van der Waals surface area contributed by atoms with Crippen LogP contribution in [0.5, 0.6) is 0 Å². The summed E-state index contributed by atoms with van der Waals surface area (Å²) in [6.07, 6.45) is 10.8. The van der Waals surface area contributed by atoms with Crippen LogP contribution >= 0.6 is 0 Å². The van der Waals surface area contributed by atoms with Crippen LogP contribution in [0, 0.1) is 0 Å². The summed E-state index contributed by atoms with van der Waals surface area (Å²) in [6, 6.07) is 0. The molecule has 0 aromatic heterocycles. The minimum atomic E-state index is -1.47. The highest BCUT2D eigenvalue weighted by atomic mass is 16.7. The van der Waals surface area contributed by atoms with Crippen molar-refractivity contribution in [3.63, 3.8) is 0 Å². The van der Waals surface area contributed by atoms with Crippen LogP contribution < -0.4 is 0 Å². The molecule has 0 spiro atoms. The number of hydrogen-bond donors (Lipinski definition) is 1. The van der Waals surface area contributed by atoms with Gasteiger partial charge in [-0.2, -0.15) is 0 Å². The molecule has 0 aromatic carbocycles. The first-order valence-corrected chi connectivity index (χ1v) is 14.8. The van der Waals surface area contributed by atoms with Crippen LogP contribution in [-0.4, -0.2) is 79.8 Å². The van der Waals surface area contributed by atoms with Gasteiger partial charge in [0.25, 0.3) is 0 Å². The van der Waals surface area contributed by atoms with Gasteiger partial charge in [-0.3, -0.25) is 19.3 Å². The molecule has 222 valence electrons. The normalized spacial score (nSPS) is 21.0. The van der Waals surface area contributed by atoms with E-state index in [0.717, 1.165) is 38.5 Å². The van der Waals surface area contributed by atoms with Gasteiger partial charge >= 0.3 is 17.9 Å². The molecule has 1 saturated heterocycles. The monoisotopic (exact) mass is 543 g/mol. The first-order valence-electron chi connectivity index (χ1n) is 14.8. The van der Waals surface area contributed by atoms with Gasteiger partial charge in [-0.15, -0.1) is 0 Å². The molecule has 0 bridgehead atoms. The zero-order chi connectivity index (χ0) is 28.2. The van der Waals surface area contributed by atoms with Crippen LogP contribution in [0.3, 0.4) is 0 Å². The van der Waals surface area contributed by atoms with Crippen molar-refractivity contribution in [2.45, 2.75) is 141 Å². The largest absolute Gasteiger partial charge is 0.462 e. The van der Waals surface area contributed by atoms with Crippen LogP contribution in [-0.2, 0) is 33.3 Å². The number of nitrogens with zero attached hydrogens (tertiary/aromatic N) is 1. The van der Waals surface area contributed by atoms with Crippen LogP contribution in [0.4, 0.5) is 0 Å². The second kappa shape index (κ2) is 21.2. The summed E-state index contributed by atoms with van der Waals surface area (Å²) < 4.78 is 22.0. The smallest absolute Gasteiger partial charge is 0.320 e. The minimum absolute atomic E-state index is 0.0782. The highest BCUT2D eigenvalue weighted by Gasteiger charge is 2.49. The topological polar surface area (TPSA) is 112 Å². The summed E-state index contributed by atoms with van der Waals surface area (Å²) in [4.78, 5) is 38.8. The van der Waals surface area contributed by atoms with E-state index in [1.54, 1.807) is 19.0 Å². The Kier molecular flexibility index (Phi) is 19.1. The second-order valence-corrected chi connectivity index (χ2v) is 10.6. The number of carbonyl (C=O) groups is 3. The molecule has 1 N–H and O–H groups in total. The Hall–Kier alpha value is -1.71. The Balaban J connectivity index is 2.61. The van der Waals surface area contributed by atoms with Gasteiger partial charge in [0, 0.05) is 12.8 Å². The van der Waals surface area contributed by atoms with Crippen molar-refractivity contribution in [2.75, 3.05) is 27.2 Å². The van der Waals surface area contributed by atoms with Gasteiger partial charge in [0.1, 0.15) is 12.7 Å². The fraction of sp³-hybridized carbons (Fsp3) is 0.897. The van der Waals surface area contributed by atoms with E-state index in [4.69, 9.17) is 18.9 Å². The van der Waals surface area contributed by atoms with Crippen LogP contribution in [0.1, 0.15) is 117 Å². The molecule has 0 radical (unpaired) electrons. The van der Waals surface area contributed by atoms with Crippen LogP contribution in [0.25, 0.3) is 0 Å². The number of unbranched alkanes of at least 4 members (excludes halogenated alkanes) is 12. The number of hydrogen-bond acceptors (Lipinski definition) is 9. The van der Waals surface area contributed by atoms with E-state index in [-0.39, 0.29) is 26.0 Å². The Labute approximate surface area is 229 Å². The maximum atomic E-state index is 12.6. The average molecular weight is 544 g/mol. The molecule has 1 rings (SSSR count). The van der Waals surface area contributed by atoms with Gasteiger partial charge in [0.05, 0.1) is 6.54 Å². The number of aliphatic hydroxyl groups is 1. The molecule has 38 heavy (non-hydrogen) atoms. The molecule has 0 amide bonds. The summed E-state index contributed by atoms with van der Waals surface area (Å²) in [5.41, 5.74) is 0. The van der Waals surface area contributed by atoms with Crippen molar-refractivity contribution in [1.29, 1.82) is 0 Å². The molecule has 0 unspecified atom stereocenters. The standard InChI is InChI=1S/C29H53NO8/c1-5-7-9-11-13-15-17-19-24(31)37-27-23(22-35-26(33)21-30(3)4)36-29(34)28(27)38-25(32)20-18-16-14-12-10-8-6-2/h23,27-29,34H,5-22H2,1-4H3/t23-,27+,28+,29-/m1/s1. The van der Waals surface area contributed by atoms with E-state index in [2.05, 4.69) is 13.8 Å². The number of carbonyl (C=O) groups excluding carboxylic acids is 3. The summed E-state index contributed by atoms with van der Waals surface area (Å²) in [7, 11) is 3.48. The lowest BCUT2D eigenvalue weighted by Gasteiger charge is -2.23. The Bertz CT molecular complexity index is 656. The van der Waals surface area contributed by atoms with Crippen molar-refractivity contribution in [3.05, 3.63) is 0 Å². The Morgan fingerprint density at radius 3 is 1.61 bits per heavy atom. The minimum Gasteiger partial charge on any atom is -0.462 e. The average Bonchev–Trinajstić information content (AvgIpc) is 3.14. The Morgan fingerprint density at radius 2 is 1.13 bits per heavy atom. The van der Waals surface area contributed by atoms with E-state index in [9.17, 15) is 19.5 Å². The summed E-state index contributed by atoms with van der Waals surface area (Å²) in [5.74, 6) is -1.38. The molecule has 0 aliphatic carbocycles. The van der Waals surface area contributed by atoms with Gasteiger partial charge in [-0.05, 0) is 26.9 Å². The molecule has 1 fully saturated rings. The van der Waals surface area contributed by atoms with Gasteiger partial charge in [-0.25, -0.2) is 0 Å². The summed E-state index contributed by atoms with van der Waals surface area (Å²) in [5, 5.41) is 10.5. The molecule has 9 heteroatoms. The van der Waals surface area contributed by atoms with E-state index >= 15 is 0 Å². The quantitative estimate of drug-likeness (QED) is 0.116. The van der Waals surface area contributed by atoms with Gasteiger partial charge in [-0.1, -0.05) is 90.9 Å². The maximum Gasteiger partial charge on any atom is 0.320 e. The van der Waals surface area contributed by atoms with E-state index < -0.39 is 42.5 Å². The molecule has 1 aliphatic heterocycles. The zero-order valence-electron chi connectivity index (χ0n) is 24.3. The molecule has 1 heterocycles. The molecule has 1 aliphatic rings. The molecule has 9 nitrogen and oxygen atoms in total. The first-order chi connectivity index (χ1) is 18.3. The molecule has 0 aromatic rings. The highest BCUT2D eigenvalue weighted by molar-refractivity contribution is 5.72. The van der Waals surface area contributed by atoms with Gasteiger partial charge in [0.15, 0.2) is 18.5 Å². The lowest BCUT2D eigenvalue weighted by Crippen LogP contribution is -2.42. The third-order valence-corrected chi connectivity index (χ3v) is 6.64. The van der Waals surface area contributed by atoms with Crippen LogP contribution in [0.15, 0.2) is 0 Å². The number of aliphatic hydroxyl groups excluding tert-OH is 1. The predicted octanol–water partition coefficient (Wildman–Crippen LogP) is 4.91. The van der Waals surface area contributed by atoms with E-state index in [1.165, 1.54) is 38.5 Å². The summed E-state index contributed by atoms with van der Waals surface area (Å²) in [6.45, 7) is 4.21. The third kappa shape index (κ3) is 15.6. The van der Waals surface area contributed by atoms with Crippen molar-refractivity contribution < 1.29 is 38.4 Å². The predicted molar refractivity (Wildman–Crippen MR) is 145 cm³/mol. The fourth-order valence-electron chi connectivity index (χ4n) is 4.46. The van der Waals surface area contributed by atoms with Crippen molar-refractivity contribution in [1.82, 2.24) is 4.90 Å². The molecule has 4 atom stereocenters. The zero-order valence-corrected chi connectivity index (χ0v) is 24.3. The SMILES string of the molecule is CCCCCCCCCC(=O)O[C@@H]1[C@H](OC(=O)CCCCCCCCC)[C@H](O)O[C@@H]1COC(=O)CN(C)C. The highest BCUT2D eigenvalue weighted by Crippen LogP contribution is 2.27. The maximum absolute atomic E-state index is 12.6. The fourth-order valence-corrected chi connectivity index (χ4v) is 4.46. The lowest BCUT2D eigenvalue weighted by atomic mass is 10.1. The van der Waals surface area contributed by atoms with E-state index in [1.807, 2.05) is 0 Å². The van der Waals surface area contributed by atoms with E-state index in [0.29, 0.717) is 12.8 Å². The number of rotatable bonds is 22. The van der Waals surface area contributed by atoms with Gasteiger partial charge < -0.3 is 24.1 Å². The van der Waals surface area contributed by atoms with Crippen molar-refractivity contribution in [2.24, 2.45) is 0 Å². The molecular weight excluding hydrogens is 490 g/mol. The lowest BCUT2D eigenvalue weighted by molar-refractivity contribution is -0.177. The number of likely N-dealkylation sites (N-methyl/N-ethyl adjacent to an activating group) is 1. The first kappa shape index (κ1) is 34.3. The summed E-state index contributed by atoms with van der Waals surface area (Å²) >= 11 is 0. The number of ether oxygens (including phenoxy) is 4. The van der Waals surface area contributed by atoms with Crippen molar-refractivity contribution >= 4 is 17.9 Å². The number of esters is 3. The molecule has 0 saturated carbocycles. The van der Waals surface area contributed by atoms with Crippen molar-refractivity contribution in [3.8, 4) is 0 Å². The second-order valence-electron chi connectivity index (χ2n) is 10.6. The van der Waals surface area contributed by atoms with Crippen LogP contribution in [0.2, 0.25) is 0 Å². The molecular formula is C29H53NO8. The third-order valence-electron chi connectivity index (χ3n) is 6.64.